The monoisotopic (exact) mass is 280 g/mol. The van der Waals surface area contributed by atoms with E-state index in [2.05, 4.69) is 5.32 Å². The maximum atomic E-state index is 11.8. The molecule has 0 saturated heterocycles. The number of nitriles is 1. The lowest BCUT2D eigenvalue weighted by atomic mass is 10.2. The van der Waals surface area contributed by atoms with Gasteiger partial charge < -0.3 is 10.4 Å². The predicted octanol–water partition coefficient (Wildman–Crippen LogP) is 0.0611. The van der Waals surface area contributed by atoms with Gasteiger partial charge in [0.05, 0.1) is 23.3 Å². The molecule has 0 radical (unpaired) electrons. The minimum absolute atomic E-state index is 0.102. The Bertz CT molecular complexity index is 534. The van der Waals surface area contributed by atoms with Crippen molar-refractivity contribution in [2.45, 2.75) is 11.3 Å². The number of carboxylic acids is 1. The molecule has 0 saturated carbocycles. The summed E-state index contributed by atoms with van der Waals surface area (Å²) in [6.45, 7) is -0.117. The minimum atomic E-state index is -1.51. The number of carbonyl (C=O) groups excluding carboxylic acids is 1. The number of nitrogens with one attached hydrogen (secondary N) is 1. The molecule has 7 heteroatoms. The van der Waals surface area contributed by atoms with Crippen molar-refractivity contribution in [3.05, 3.63) is 29.8 Å². The molecule has 2 N–H and O–H groups in total. The molecule has 1 aromatic carbocycles. The second-order valence-electron chi connectivity index (χ2n) is 3.64. The van der Waals surface area contributed by atoms with Crippen molar-refractivity contribution >= 4 is 22.7 Å². The molecule has 0 aliphatic rings. The largest absolute Gasteiger partial charge is 0.481 e. The van der Waals surface area contributed by atoms with Gasteiger partial charge in [0.1, 0.15) is 12.3 Å². The van der Waals surface area contributed by atoms with Crippen LogP contribution in [0.15, 0.2) is 29.2 Å². The summed E-state index contributed by atoms with van der Waals surface area (Å²) in [4.78, 5) is 22.2. The van der Waals surface area contributed by atoms with Crippen molar-refractivity contribution < 1.29 is 18.9 Å². The topological polar surface area (TPSA) is 107 Å². The molecule has 0 fully saturated rings. The minimum Gasteiger partial charge on any atom is -0.481 e. The number of nitrogens with zero attached hydrogens (tertiary/aromatic N) is 1. The second-order valence-corrected chi connectivity index (χ2v) is 5.09. The summed E-state index contributed by atoms with van der Waals surface area (Å²) in [6, 6.07) is 7.95. The number of aliphatic carboxylic acids is 1. The van der Waals surface area contributed by atoms with Gasteiger partial charge in [0, 0.05) is 4.90 Å². The van der Waals surface area contributed by atoms with Crippen molar-refractivity contribution in [2.24, 2.45) is 0 Å². The Morgan fingerprint density at radius 3 is 2.47 bits per heavy atom. The zero-order chi connectivity index (χ0) is 14.3. The molecule has 6 nitrogen and oxygen atoms in total. The lowest BCUT2D eigenvalue weighted by Crippen LogP contribution is -2.28. The summed E-state index contributed by atoms with van der Waals surface area (Å²) in [5, 5.41) is 19.2. The van der Waals surface area contributed by atoms with Gasteiger partial charge in [-0.25, -0.2) is 0 Å². The van der Waals surface area contributed by atoms with Crippen LogP contribution in [0, 0.1) is 11.3 Å². The fraction of sp³-hybridized carbons (Fsp3) is 0.250. The van der Waals surface area contributed by atoms with E-state index < -0.39 is 22.7 Å². The van der Waals surface area contributed by atoms with E-state index in [1.807, 2.05) is 0 Å². The summed E-state index contributed by atoms with van der Waals surface area (Å²) in [7, 11) is -1.51. The first-order valence-corrected chi connectivity index (χ1v) is 6.67. The van der Waals surface area contributed by atoms with E-state index in [1.165, 1.54) is 12.1 Å². The third kappa shape index (κ3) is 5.31. The van der Waals surface area contributed by atoms with E-state index >= 15 is 0 Å². The van der Waals surface area contributed by atoms with Gasteiger partial charge in [0.15, 0.2) is 0 Å². The average Bonchev–Trinajstić information content (AvgIpc) is 2.36. The van der Waals surface area contributed by atoms with Gasteiger partial charge in [-0.3, -0.25) is 13.8 Å². The van der Waals surface area contributed by atoms with Gasteiger partial charge in [-0.2, -0.15) is 5.26 Å². The molecular formula is C12H12N2O4S. The normalized spacial score (nSPS) is 11.3. The Labute approximate surface area is 112 Å². The van der Waals surface area contributed by atoms with Gasteiger partial charge >= 0.3 is 5.97 Å². The van der Waals surface area contributed by atoms with E-state index in [4.69, 9.17) is 10.4 Å². The molecule has 19 heavy (non-hydrogen) atoms. The summed E-state index contributed by atoms with van der Waals surface area (Å²) in [6.07, 6.45) is -0.102. The van der Waals surface area contributed by atoms with Gasteiger partial charge in [-0.15, -0.1) is 0 Å². The highest BCUT2D eigenvalue weighted by molar-refractivity contribution is 7.85. The average molecular weight is 280 g/mol. The van der Waals surface area contributed by atoms with Crippen LogP contribution in [0.4, 0.5) is 0 Å². The zero-order valence-corrected chi connectivity index (χ0v) is 10.8. The van der Waals surface area contributed by atoms with Crippen molar-refractivity contribution in [1.82, 2.24) is 5.32 Å². The van der Waals surface area contributed by atoms with Crippen molar-refractivity contribution in [2.75, 3.05) is 12.3 Å². The molecule has 1 unspecified atom stereocenters. The molecular weight excluding hydrogens is 268 g/mol. The van der Waals surface area contributed by atoms with Crippen LogP contribution in [0.25, 0.3) is 0 Å². The molecule has 1 atom stereocenters. The zero-order valence-electron chi connectivity index (χ0n) is 9.96. The lowest BCUT2D eigenvalue weighted by molar-refractivity contribution is -0.136. The number of hydrogen-bond donors (Lipinski definition) is 2. The van der Waals surface area contributed by atoms with Crippen LogP contribution in [-0.4, -0.2) is 33.5 Å². The molecule has 0 aromatic heterocycles. The standard InChI is InChI=1S/C12H12N2O4S/c13-5-6-14-11(15)8-19(18)10-3-1-9(2-4-10)7-12(16)17/h1-4H,6-8H2,(H,14,15)(H,16,17). The van der Waals surface area contributed by atoms with E-state index in [1.54, 1.807) is 18.2 Å². The van der Waals surface area contributed by atoms with E-state index in [9.17, 15) is 13.8 Å². The Balaban J connectivity index is 2.60. The van der Waals surface area contributed by atoms with Crippen LogP contribution in [0.2, 0.25) is 0 Å². The smallest absolute Gasteiger partial charge is 0.307 e. The molecule has 0 spiro atoms. The quantitative estimate of drug-likeness (QED) is 0.716. The maximum Gasteiger partial charge on any atom is 0.307 e. The number of rotatable bonds is 6. The van der Waals surface area contributed by atoms with E-state index in [0.717, 1.165) is 0 Å². The Hall–Kier alpha value is -2.20. The Morgan fingerprint density at radius 1 is 1.32 bits per heavy atom. The highest BCUT2D eigenvalue weighted by atomic mass is 32.2. The number of hydrogen-bond acceptors (Lipinski definition) is 4. The fourth-order valence-electron chi connectivity index (χ4n) is 1.33. The molecule has 1 aromatic rings. The summed E-state index contributed by atoms with van der Waals surface area (Å²) < 4.78 is 11.8. The van der Waals surface area contributed by atoms with Crippen LogP contribution >= 0.6 is 0 Å². The van der Waals surface area contributed by atoms with Crippen molar-refractivity contribution in [3.63, 3.8) is 0 Å². The van der Waals surface area contributed by atoms with Crippen LogP contribution in [0.1, 0.15) is 5.56 Å². The Kier molecular flexibility index (Phi) is 5.70. The van der Waals surface area contributed by atoms with Crippen LogP contribution in [-0.2, 0) is 26.8 Å². The number of carbonyl (C=O) groups is 2. The number of amides is 1. The first-order valence-electron chi connectivity index (χ1n) is 5.35. The third-order valence-corrected chi connectivity index (χ3v) is 3.49. The van der Waals surface area contributed by atoms with Gasteiger partial charge in [-0.1, -0.05) is 12.1 Å². The lowest BCUT2D eigenvalue weighted by Gasteiger charge is -2.03. The van der Waals surface area contributed by atoms with Gasteiger partial charge in [0.2, 0.25) is 5.91 Å². The predicted molar refractivity (Wildman–Crippen MR) is 67.7 cm³/mol. The fourth-order valence-corrected chi connectivity index (χ4v) is 2.27. The number of carboxylic acid groups (broad SMARTS) is 1. The highest BCUT2D eigenvalue weighted by Gasteiger charge is 2.10. The summed E-state index contributed by atoms with van der Waals surface area (Å²) >= 11 is 0. The highest BCUT2D eigenvalue weighted by Crippen LogP contribution is 2.09. The molecule has 0 heterocycles. The molecule has 1 amide bonds. The van der Waals surface area contributed by atoms with E-state index in [-0.39, 0.29) is 18.7 Å². The Morgan fingerprint density at radius 2 is 1.95 bits per heavy atom. The van der Waals surface area contributed by atoms with Crippen LogP contribution in [0.5, 0.6) is 0 Å². The molecule has 0 aliphatic carbocycles. The first-order chi connectivity index (χ1) is 9.02. The van der Waals surface area contributed by atoms with Crippen LogP contribution in [0.3, 0.4) is 0 Å². The number of benzene rings is 1. The second kappa shape index (κ2) is 7.28. The van der Waals surface area contributed by atoms with Gasteiger partial charge in [0.25, 0.3) is 0 Å². The SMILES string of the molecule is N#CCNC(=O)CS(=O)c1ccc(CC(=O)O)cc1. The molecule has 0 aliphatic heterocycles. The van der Waals surface area contributed by atoms with Gasteiger partial charge in [-0.05, 0) is 17.7 Å². The molecule has 100 valence electrons. The molecule has 1 rings (SSSR count). The van der Waals surface area contributed by atoms with Crippen molar-refractivity contribution in [1.29, 1.82) is 5.26 Å². The first kappa shape index (κ1) is 14.9. The van der Waals surface area contributed by atoms with Crippen LogP contribution < -0.4 is 5.32 Å². The summed E-state index contributed by atoms with van der Waals surface area (Å²) in [5.41, 5.74) is 0.599. The van der Waals surface area contributed by atoms with Crippen molar-refractivity contribution in [3.8, 4) is 6.07 Å². The van der Waals surface area contributed by atoms with E-state index in [0.29, 0.717) is 10.5 Å². The molecule has 0 bridgehead atoms. The maximum absolute atomic E-state index is 11.8. The summed E-state index contributed by atoms with van der Waals surface area (Å²) in [5.74, 6) is -1.63. The third-order valence-electron chi connectivity index (χ3n) is 2.17.